The fourth-order valence-corrected chi connectivity index (χ4v) is 1.83. The highest BCUT2D eigenvalue weighted by molar-refractivity contribution is 5.79. The summed E-state index contributed by atoms with van der Waals surface area (Å²) in [6.45, 7) is 5.78. The van der Waals surface area contributed by atoms with Gasteiger partial charge in [0.15, 0.2) is 0 Å². The maximum atomic E-state index is 5.68. The second-order valence-corrected chi connectivity index (χ2v) is 4.56. The molecule has 94 valence electrons. The van der Waals surface area contributed by atoms with Gasteiger partial charge in [0.05, 0.1) is 6.10 Å². The number of hydrogen-bond acceptors (Lipinski definition) is 3. The molecule has 0 aliphatic carbocycles. The van der Waals surface area contributed by atoms with Crippen LogP contribution < -0.4 is 11.3 Å². The zero-order chi connectivity index (χ0) is 12.0. The highest BCUT2D eigenvalue weighted by Gasteiger charge is 2.17. The third-order valence-electron chi connectivity index (χ3n) is 2.62. The molecule has 1 unspecified atom stereocenters. The number of aliphatic imine (C=N–C) groups is 1. The lowest BCUT2D eigenvalue weighted by Crippen LogP contribution is -2.46. The van der Waals surface area contributed by atoms with Crippen LogP contribution in [0.1, 0.15) is 33.1 Å². The molecular formula is C11H24N4O. The van der Waals surface area contributed by atoms with Crippen LogP contribution in [0.25, 0.3) is 0 Å². The molecule has 5 nitrogen and oxygen atoms in total. The van der Waals surface area contributed by atoms with Crippen molar-refractivity contribution in [3.8, 4) is 0 Å². The lowest BCUT2D eigenvalue weighted by atomic mass is 10.1. The average Bonchev–Trinajstić information content (AvgIpc) is 2.26. The Morgan fingerprint density at radius 1 is 1.56 bits per heavy atom. The fraction of sp³-hybridized carbons (Fsp3) is 0.909. The van der Waals surface area contributed by atoms with Gasteiger partial charge in [-0.15, -0.1) is 0 Å². The quantitative estimate of drug-likeness (QED) is 0.323. The van der Waals surface area contributed by atoms with Crippen LogP contribution in [0, 0.1) is 0 Å². The lowest BCUT2D eigenvalue weighted by molar-refractivity contribution is 0.00673. The van der Waals surface area contributed by atoms with Crippen molar-refractivity contribution in [2.75, 3.05) is 20.2 Å². The van der Waals surface area contributed by atoms with Crippen LogP contribution in [0.2, 0.25) is 0 Å². The Labute approximate surface area is 98.0 Å². The molecule has 0 bridgehead atoms. The maximum absolute atomic E-state index is 5.68. The summed E-state index contributed by atoms with van der Waals surface area (Å²) in [7, 11) is 1.99. The number of rotatable bonds is 3. The summed E-state index contributed by atoms with van der Waals surface area (Å²) in [6.07, 6.45) is 3.88. The van der Waals surface area contributed by atoms with Gasteiger partial charge in [0.2, 0.25) is 5.96 Å². The molecule has 1 aliphatic heterocycles. The number of ether oxygens (including phenoxy) is 1. The molecule has 0 aromatic heterocycles. The molecule has 1 rings (SSSR count). The third kappa shape index (κ3) is 4.37. The standard InChI is InChI=1S/C11H24N4O/c1-9(2)13-11(14-12)15(3)8-10-6-4-5-7-16-10/h9-10H,4-8,12H2,1-3H3,(H,13,14). The van der Waals surface area contributed by atoms with Crippen molar-refractivity contribution in [3.05, 3.63) is 0 Å². The Bertz CT molecular complexity index is 224. The molecule has 1 saturated heterocycles. The Balaban J connectivity index is 2.44. The van der Waals surface area contributed by atoms with Crippen molar-refractivity contribution in [3.63, 3.8) is 0 Å². The summed E-state index contributed by atoms with van der Waals surface area (Å²) in [5.41, 5.74) is 2.64. The van der Waals surface area contributed by atoms with Gasteiger partial charge >= 0.3 is 0 Å². The lowest BCUT2D eigenvalue weighted by Gasteiger charge is -2.29. The fourth-order valence-electron chi connectivity index (χ4n) is 1.83. The summed E-state index contributed by atoms with van der Waals surface area (Å²) >= 11 is 0. The number of likely N-dealkylation sites (N-methyl/N-ethyl adjacent to an activating group) is 1. The minimum atomic E-state index is 0.237. The van der Waals surface area contributed by atoms with E-state index in [1.807, 2.05) is 25.8 Å². The number of nitrogens with two attached hydrogens (primary N) is 1. The molecule has 1 heterocycles. The van der Waals surface area contributed by atoms with Crippen LogP contribution in [0.4, 0.5) is 0 Å². The van der Waals surface area contributed by atoms with Crippen molar-refractivity contribution in [1.29, 1.82) is 0 Å². The Kier molecular flexibility index (Phi) is 5.55. The zero-order valence-electron chi connectivity index (χ0n) is 10.6. The molecule has 0 saturated carbocycles. The Morgan fingerprint density at radius 2 is 2.31 bits per heavy atom. The van der Waals surface area contributed by atoms with Crippen LogP contribution in [0.3, 0.4) is 0 Å². The number of guanidine groups is 1. The SMILES string of the molecule is CC(C)N=C(NN)N(C)CC1CCCCO1. The highest BCUT2D eigenvalue weighted by Crippen LogP contribution is 2.13. The van der Waals surface area contributed by atoms with Gasteiger partial charge in [0.25, 0.3) is 0 Å². The Morgan fingerprint density at radius 3 is 2.81 bits per heavy atom. The summed E-state index contributed by atoms with van der Waals surface area (Å²) < 4.78 is 5.68. The molecule has 0 aromatic carbocycles. The van der Waals surface area contributed by atoms with Crippen LogP contribution in [0.15, 0.2) is 4.99 Å². The molecule has 3 N–H and O–H groups in total. The molecule has 0 radical (unpaired) electrons. The van der Waals surface area contributed by atoms with E-state index in [1.54, 1.807) is 0 Å². The van der Waals surface area contributed by atoms with E-state index in [2.05, 4.69) is 10.4 Å². The second kappa shape index (κ2) is 6.70. The first-order valence-electron chi connectivity index (χ1n) is 6.00. The van der Waals surface area contributed by atoms with E-state index in [1.165, 1.54) is 12.8 Å². The average molecular weight is 228 g/mol. The topological polar surface area (TPSA) is 62.9 Å². The van der Waals surface area contributed by atoms with E-state index in [4.69, 9.17) is 10.6 Å². The minimum absolute atomic E-state index is 0.237. The Hall–Kier alpha value is -0.810. The van der Waals surface area contributed by atoms with Gasteiger partial charge in [-0.3, -0.25) is 5.43 Å². The van der Waals surface area contributed by atoms with Crippen molar-refractivity contribution >= 4 is 5.96 Å². The minimum Gasteiger partial charge on any atom is -0.376 e. The van der Waals surface area contributed by atoms with Gasteiger partial charge in [0.1, 0.15) is 0 Å². The van der Waals surface area contributed by atoms with E-state index >= 15 is 0 Å². The van der Waals surface area contributed by atoms with E-state index in [0.29, 0.717) is 6.10 Å². The molecule has 1 aliphatic rings. The van der Waals surface area contributed by atoms with Crippen molar-refractivity contribution in [2.45, 2.75) is 45.3 Å². The monoisotopic (exact) mass is 228 g/mol. The van der Waals surface area contributed by atoms with Crippen LogP contribution in [0.5, 0.6) is 0 Å². The molecule has 5 heteroatoms. The van der Waals surface area contributed by atoms with Gasteiger partial charge in [0, 0.05) is 26.2 Å². The summed E-state index contributed by atoms with van der Waals surface area (Å²) in [6, 6.07) is 0.237. The first kappa shape index (κ1) is 13.3. The molecule has 0 spiro atoms. The maximum Gasteiger partial charge on any atom is 0.208 e. The number of nitrogens with one attached hydrogen (secondary N) is 1. The van der Waals surface area contributed by atoms with Gasteiger partial charge in [-0.25, -0.2) is 10.8 Å². The smallest absolute Gasteiger partial charge is 0.208 e. The van der Waals surface area contributed by atoms with Gasteiger partial charge in [-0.1, -0.05) is 0 Å². The largest absolute Gasteiger partial charge is 0.376 e. The first-order chi connectivity index (χ1) is 7.63. The number of hydrogen-bond donors (Lipinski definition) is 2. The molecule has 0 aromatic rings. The summed E-state index contributed by atoms with van der Waals surface area (Å²) in [5, 5.41) is 0. The van der Waals surface area contributed by atoms with E-state index < -0.39 is 0 Å². The van der Waals surface area contributed by atoms with E-state index in [9.17, 15) is 0 Å². The van der Waals surface area contributed by atoms with Gasteiger partial charge in [-0.05, 0) is 33.1 Å². The molecule has 1 fully saturated rings. The van der Waals surface area contributed by atoms with Crippen molar-refractivity contribution in [2.24, 2.45) is 10.8 Å². The molecular weight excluding hydrogens is 204 g/mol. The van der Waals surface area contributed by atoms with Crippen LogP contribution in [-0.2, 0) is 4.74 Å². The molecule has 0 amide bonds. The molecule has 1 atom stereocenters. The molecule has 16 heavy (non-hydrogen) atoms. The predicted octanol–water partition coefficient (Wildman–Crippen LogP) is 0.715. The normalized spacial score (nSPS) is 22.3. The number of nitrogens with zero attached hydrogens (tertiary/aromatic N) is 2. The zero-order valence-corrected chi connectivity index (χ0v) is 10.6. The van der Waals surface area contributed by atoms with Crippen molar-refractivity contribution < 1.29 is 4.74 Å². The second-order valence-electron chi connectivity index (χ2n) is 4.56. The predicted molar refractivity (Wildman–Crippen MR) is 66.1 cm³/mol. The van der Waals surface area contributed by atoms with E-state index in [0.717, 1.165) is 25.5 Å². The highest BCUT2D eigenvalue weighted by atomic mass is 16.5. The van der Waals surface area contributed by atoms with Crippen molar-refractivity contribution in [1.82, 2.24) is 10.3 Å². The summed E-state index contributed by atoms with van der Waals surface area (Å²) in [5.74, 6) is 6.19. The number of hydrazine groups is 1. The van der Waals surface area contributed by atoms with E-state index in [-0.39, 0.29) is 6.04 Å². The van der Waals surface area contributed by atoms with Gasteiger partial charge < -0.3 is 9.64 Å². The van der Waals surface area contributed by atoms with Crippen LogP contribution >= 0.6 is 0 Å². The first-order valence-corrected chi connectivity index (χ1v) is 6.00. The van der Waals surface area contributed by atoms with Crippen LogP contribution in [-0.4, -0.2) is 43.2 Å². The summed E-state index contributed by atoms with van der Waals surface area (Å²) in [4.78, 5) is 6.44. The van der Waals surface area contributed by atoms with Gasteiger partial charge in [-0.2, -0.15) is 0 Å². The third-order valence-corrected chi connectivity index (χ3v) is 2.62.